The summed E-state index contributed by atoms with van der Waals surface area (Å²) in [5.74, 6) is -1.49. The monoisotopic (exact) mass is 189 g/mol. The minimum atomic E-state index is -1.07. The summed E-state index contributed by atoms with van der Waals surface area (Å²) in [6, 6.07) is 0. The molecular formula is C6H7NO4S. The third kappa shape index (κ3) is 1.58. The van der Waals surface area contributed by atoms with E-state index in [1.807, 2.05) is 0 Å². The minimum Gasteiger partial charge on any atom is -0.481 e. The van der Waals surface area contributed by atoms with Crippen molar-refractivity contribution in [1.29, 1.82) is 0 Å². The Bertz CT molecular complexity index is 250. The highest BCUT2D eigenvalue weighted by Gasteiger charge is 2.38. The molecule has 1 unspecified atom stereocenters. The molecule has 0 bridgehead atoms. The van der Waals surface area contributed by atoms with E-state index in [1.165, 1.54) is 7.05 Å². The standard InChI is InChI=1S/C6H7NO4S/c1-7-5(10)3(2-4(8)9)12-6(7)11/h3H,2H2,1H3,(H,8,9). The lowest BCUT2D eigenvalue weighted by molar-refractivity contribution is -0.139. The third-order valence-electron chi connectivity index (χ3n) is 1.48. The smallest absolute Gasteiger partial charge is 0.305 e. The van der Waals surface area contributed by atoms with E-state index in [1.54, 1.807) is 0 Å². The summed E-state index contributed by atoms with van der Waals surface area (Å²) < 4.78 is 0. The lowest BCUT2D eigenvalue weighted by Crippen LogP contribution is -2.28. The van der Waals surface area contributed by atoms with Crippen molar-refractivity contribution in [1.82, 2.24) is 4.90 Å². The van der Waals surface area contributed by atoms with E-state index in [2.05, 4.69) is 0 Å². The summed E-state index contributed by atoms with van der Waals surface area (Å²) in [5.41, 5.74) is 0. The number of carbonyl (C=O) groups excluding carboxylic acids is 2. The zero-order valence-electron chi connectivity index (χ0n) is 6.31. The molecule has 66 valence electrons. The molecule has 1 heterocycles. The molecular weight excluding hydrogens is 182 g/mol. The van der Waals surface area contributed by atoms with Gasteiger partial charge in [0.05, 0.1) is 6.42 Å². The van der Waals surface area contributed by atoms with Gasteiger partial charge in [-0.1, -0.05) is 11.8 Å². The van der Waals surface area contributed by atoms with Crippen molar-refractivity contribution in [2.45, 2.75) is 11.7 Å². The van der Waals surface area contributed by atoms with Gasteiger partial charge >= 0.3 is 5.97 Å². The van der Waals surface area contributed by atoms with E-state index in [-0.39, 0.29) is 11.7 Å². The molecule has 0 spiro atoms. The van der Waals surface area contributed by atoms with Crippen molar-refractivity contribution in [3.05, 3.63) is 0 Å². The molecule has 0 radical (unpaired) electrons. The molecule has 1 aliphatic rings. The van der Waals surface area contributed by atoms with Crippen molar-refractivity contribution in [3.8, 4) is 0 Å². The van der Waals surface area contributed by atoms with Crippen LogP contribution >= 0.6 is 11.8 Å². The van der Waals surface area contributed by atoms with Crippen LogP contribution in [0.3, 0.4) is 0 Å². The molecule has 1 atom stereocenters. The Labute approximate surface area is 72.7 Å². The summed E-state index contributed by atoms with van der Waals surface area (Å²) >= 11 is 0.767. The molecule has 1 fully saturated rings. The maximum atomic E-state index is 11.1. The van der Waals surface area contributed by atoms with Crippen LogP contribution in [-0.2, 0) is 9.59 Å². The minimum absolute atomic E-state index is 0.292. The SMILES string of the molecule is CN1C(=O)SC(CC(=O)O)C1=O. The number of hydrogen-bond acceptors (Lipinski definition) is 4. The molecule has 0 aromatic rings. The topological polar surface area (TPSA) is 74.7 Å². The highest BCUT2D eigenvalue weighted by atomic mass is 32.2. The Balaban J connectivity index is 2.65. The predicted molar refractivity (Wildman–Crippen MR) is 41.8 cm³/mol. The molecule has 5 nitrogen and oxygen atoms in total. The van der Waals surface area contributed by atoms with Gasteiger partial charge in [-0.3, -0.25) is 19.3 Å². The van der Waals surface area contributed by atoms with Crippen molar-refractivity contribution in [2.75, 3.05) is 7.05 Å². The van der Waals surface area contributed by atoms with Crippen LogP contribution in [-0.4, -0.2) is 39.4 Å². The summed E-state index contributed by atoms with van der Waals surface area (Å²) in [5, 5.41) is 7.25. The molecule has 0 aromatic carbocycles. The number of nitrogens with zero attached hydrogens (tertiary/aromatic N) is 1. The number of hydrogen-bond donors (Lipinski definition) is 1. The quantitative estimate of drug-likeness (QED) is 0.669. The van der Waals surface area contributed by atoms with Gasteiger partial charge in [0.15, 0.2) is 0 Å². The second kappa shape index (κ2) is 3.14. The lowest BCUT2D eigenvalue weighted by Gasteiger charge is -2.03. The van der Waals surface area contributed by atoms with E-state index in [4.69, 9.17) is 5.11 Å². The number of carboxylic acids is 1. The Morgan fingerprint density at radius 3 is 2.58 bits per heavy atom. The average Bonchev–Trinajstić information content (AvgIpc) is 2.17. The zero-order chi connectivity index (χ0) is 9.30. The molecule has 0 aliphatic carbocycles. The maximum Gasteiger partial charge on any atom is 0.305 e. The number of carboxylic acid groups (broad SMARTS) is 1. The van der Waals surface area contributed by atoms with Crippen molar-refractivity contribution in [2.24, 2.45) is 0 Å². The first-order chi connectivity index (χ1) is 5.52. The van der Waals surface area contributed by atoms with Crippen LogP contribution in [0, 0.1) is 0 Å². The number of rotatable bonds is 2. The van der Waals surface area contributed by atoms with Crippen LogP contribution < -0.4 is 0 Å². The zero-order valence-corrected chi connectivity index (χ0v) is 7.13. The number of amides is 2. The average molecular weight is 189 g/mol. The normalized spacial score (nSPS) is 23.4. The number of carbonyl (C=O) groups is 3. The van der Waals surface area contributed by atoms with Crippen LogP contribution in [0.5, 0.6) is 0 Å². The first-order valence-electron chi connectivity index (χ1n) is 3.22. The largest absolute Gasteiger partial charge is 0.481 e. The molecule has 2 amide bonds. The van der Waals surface area contributed by atoms with Gasteiger partial charge in [-0.25, -0.2) is 0 Å². The van der Waals surface area contributed by atoms with Gasteiger partial charge in [0.25, 0.3) is 5.24 Å². The molecule has 1 rings (SSSR count). The van der Waals surface area contributed by atoms with E-state index < -0.39 is 17.1 Å². The van der Waals surface area contributed by atoms with E-state index in [0.29, 0.717) is 0 Å². The van der Waals surface area contributed by atoms with Crippen LogP contribution in [0.4, 0.5) is 4.79 Å². The van der Waals surface area contributed by atoms with Gasteiger partial charge in [-0.05, 0) is 0 Å². The molecule has 1 saturated heterocycles. The highest BCUT2D eigenvalue weighted by Crippen LogP contribution is 2.27. The van der Waals surface area contributed by atoms with E-state index >= 15 is 0 Å². The van der Waals surface area contributed by atoms with Crippen molar-refractivity contribution < 1.29 is 19.5 Å². The Morgan fingerprint density at radius 1 is 1.67 bits per heavy atom. The molecule has 1 N–H and O–H groups in total. The van der Waals surface area contributed by atoms with Gasteiger partial charge < -0.3 is 5.11 Å². The predicted octanol–water partition coefficient (Wildman–Crippen LogP) is 0.155. The van der Waals surface area contributed by atoms with Gasteiger partial charge in [0.2, 0.25) is 5.91 Å². The number of imide groups is 1. The van der Waals surface area contributed by atoms with Crippen LogP contribution in [0.1, 0.15) is 6.42 Å². The second-order valence-corrected chi connectivity index (χ2v) is 3.52. The Morgan fingerprint density at radius 2 is 2.25 bits per heavy atom. The third-order valence-corrected chi connectivity index (χ3v) is 2.61. The summed E-state index contributed by atoms with van der Waals surface area (Å²) in [6.07, 6.45) is -0.292. The van der Waals surface area contributed by atoms with Gasteiger partial charge in [0, 0.05) is 7.05 Å². The molecule has 6 heteroatoms. The fraction of sp³-hybridized carbons (Fsp3) is 0.500. The highest BCUT2D eigenvalue weighted by molar-refractivity contribution is 8.15. The van der Waals surface area contributed by atoms with Crippen LogP contribution in [0.2, 0.25) is 0 Å². The first kappa shape index (κ1) is 9.05. The fourth-order valence-corrected chi connectivity index (χ4v) is 1.82. The second-order valence-electron chi connectivity index (χ2n) is 2.37. The summed E-state index contributed by atoms with van der Waals surface area (Å²) in [6.45, 7) is 0. The van der Waals surface area contributed by atoms with Crippen molar-refractivity contribution in [3.63, 3.8) is 0 Å². The van der Waals surface area contributed by atoms with Crippen LogP contribution in [0.25, 0.3) is 0 Å². The number of thioether (sulfide) groups is 1. The van der Waals surface area contributed by atoms with Crippen LogP contribution in [0.15, 0.2) is 0 Å². The Hall–Kier alpha value is -1.04. The van der Waals surface area contributed by atoms with Crippen molar-refractivity contribution >= 4 is 28.9 Å². The van der Waals surface area contributed by atoms with E-state index in [0.717, 1.165) is 16.7 Å². The summed E-state index contributed by atoms with van der Waals surface area (Å²) in [4.78, 5) is 33.1. The molecule has 0 saturated carbocycles. The van der Waals surface area contributed by atoms with Gasteiger partial charge in [-0.2, -0.15) is 0 Å². The Kier molecular flexibility index (Phi) is 2.37. The lowest BCUT2D eigenvalue weighted by atomic mass is 10.3. The van der Waals surface area contributed by atoms with Gasteiger partial charge in [0.1, 0.15) is 5.25 Å². The molecule has 12 heavy (non-hydrogen) atoms. The van der Waals surface area contributed by atoms with E-state index in [9.17, 15) is 14.4 Å². The molecule has 0 aromatic heterocycles. The van der Waals surface area contributed by atoms with Gasteiger partial charge in [-0.15, -0.1) is 0 Å². The maximum absolute atomic E-state index is 11.1. The number of aliphatic carboxylic acids is 1. The molecule has 1 aliphatic heterocycles. The fourth-order valence-electron chi connectivity index (χ4n) is 0.845. The summed E-state index contributed by atoms with van der Waals surface area (Å²) in [7, 11) is 1.35. The first-order valence-corrected chi connectivity index (χ1v) is 4.10.